The van der Waals surface area contributed by atoms with E-state index in [1.54, 1.807) is 12.1 Å². The maximum atomic E-state index is 12.5. The van der Waals surface area contributed by atoms with Crippen molar-refractivity contribution in [2.45, 2.75) is 25.4 Å². The smallest absolute Gasteiger partial charge is 0.350 e. The molecular formula is C23H24N4O5S. The predicted octanol–water partition coefficient (Wildman–Crippen LogP) is 2.55. The lowest BCUT2D eigenvalue weighted by Crippen LogP contribution is -2.39. The number of nitrogens with one attached hydrogen (secondary N) is 1. The van der Waals surface area contributed by atoms with Gasteiger partial charge >= 0.3 is 5.97 Å². The number of pyridine rings is 1. The third kappa shape index (κ3) is 5.12. The molecule has 0 bridgehead atoms. The first-order valence-electron chi connectivity index (χ1n) is 10.5. The summed E-state index contributed by atoms with van der Waals surface area (Å²) in [5, 5.41) is 3.40. The summed E-state index contributed by atoms with van der Waals surface area (Å²) >= 11 is 1.14. The second kappa shape index (κ2) is 9.97. The molecule has 10 heteroatoms. The van der Waals surface area contributed by atoms with Gasteiger partial charge in [-0.3, -0.25) is 14.5 Å². The SMILES string of the molecule is COC(=O)c1sc2nc(CN3CCC[C@H]3C(N)=O)ccc2c1NC(=O)COc1ccccc1. The second-order valence-electron chi connectivity index (χ2n) is 7.63. The van der Waals surface area contributed by atoms with Gasteiger partial charge in [0.1, 0.15) is 15.5 Å². The lowest BCUT2D eigenvalue weighted by atomic mass is 10.2. The van der Waals surface area contributed by atoms with Crippen molar-refractivity contribution in [3.05, 3.63) is 53.0 Å². The number of benzene rings is 1. The summed E-state index contributed by atoms with van der Waals surface area (Å²) in [5.41, 5.74) is 6.61. The topological polar surface area (TPSA) is 124 Å². The number of hydrogen-bond acceptors (Lipinski definition) is 8. The van der Waals surface area contributed by atoms with Crippen LogP contribution < -0.4 is 15.8 Å². The molecule has 3 heterocycles. The van der Waals surface area contributed by atoms with E-state index >= 15 is 0 Å². The van der Waals surface area contributed by atoms with Gasteiger partial charge in [-0.1, -0.05) is 18.2 Å². The number of hydrogen-bond donors (Lipinski definition) is 2. The van der Waals surface area contributed by atoms with Crippen LogP contribution in [0.3, 0.4) is 0 Å². The number of carbonyl (C=O) groups excluding carboxylic acids is 3. The number of amides is 2. The van der Waals surface area contributed by atoms with E-state index in [1.165, 1.54) is 7.11 Å². The summed E-state index contributed by atoms with van der Waals surface area (Å²) < 4.78 is 10.4. The fourth-order valence-electron chi connectivity index (χ4n) is 3.85. The van der Waals surface area contributed by atoms with Crippen LogP contribution >= 0.6 is 11.3 Å². The highest BCUT2D eigenvalue weighted by Crippen LogP contribution is 2.36. The Morgan fingerprint density at radius 3 is 2.73 bits per heavy atom. The molecule has 33 heavy (non-hydrogen) atoms. The Kier molecular flexibility index (Phi) is 6.85. The van der Waals surface area contributed by atoms with Crippen LogP contribution in [0.15, 0.2) is 42.5 Å². The van der Waals surface area contributed by atoms with Gasteiger partial charge in [0.15, 0.2) is 6.61 Å². The largest absolute Gasteiger partial charge is 0.484 e. The van der Waals surface area contributed by atoms with Crippen LogP contribution in [0.1, 0.15) is 28.2 Å². The molecule has 0 aliphatic carbocycles. The molecule has 0 saturated carbocycles. The first-order valence-corrected chi connectivity index (χ1v) is 11.3. The number of para-hydroxylation sites is 1. The number of esters is 1. The monoisotopic (exact) mass is 468 g/mol. The van der Waals surface area contributed by atoms with Gasteiger partial charge in [0.2, 0.25) is 5.91 Å². The fourth-order valence-corrected chi connectivity index (χ4v) is 4.92. The lowest BCUT2D eigenvalue weighted by molar-refractivity contribution is -0.122. The number of likely N-dealkylation sites (tertiary alicyclic amines) is 1. The summed E-state index contributed by atoms with van der Waals surface area (Å²) in [5.74, 6) is -0.736. The molecule has 1 aromatic carbocycles. The Balaban J connectivity index is 1.55. The number of carbonyl (C=O) groups is 3. The summed E-state index contributed by atoms with van der Waals surface area (Å²) in [6.07, 6.45) is 1.65. The Morgan fingerprint density at radius 1 is 1.21 bits per heavy atom. The van der Waals surface area contributed by atoms with Gasteiger partial charge in [-0.05, 0) is 43.7 Å². The molecule has 1 aliphatic heterocycles. The Bertz CT molecular complexity index is 1180. The average molecular weight is 469 g/mol. The second-order valence-corrected chi connectivity index (χ2v) is 8.63. The molecular weight excluding hydrogens is 444 g/mol. The molecule has 4 rings (SSSR count). The van der Waals surface area contributed by atoms with E-state index in [9.17, 15) is 14.4 Å². The van der Waals surface area contributed by atoms with Crippen molar-refractivity contribution in [3.8, 4) is 5.75 Å². The van der Waals surface area contributed by atoms with Crippen molar-refractivity contribution in [2.24, 2.45) is 5.73 Å². The molecule has 1 fully saturated rings. The Hall–Kier alpha value is -3.50. The molecule has 1 saturated heterocycles. The molecule has 2 aromatic heterocycles. The van der Waals surface area contributed by atoms with Gasteiger partial charge in [0.05, 0.1) is 24.5 Å². The molecule has 3 N–H and O–H groups in total. The van der Waals surface area contributed by atoms with Crippen molar-refractivity contribution in [2.75, 3.05) is 25.6 Å². The van der Waals surface area contributed by atoms with Gasteiger partial charge in [-0.15, -0.1) is 11.3 Å². The number of nitrogens with two attached hydrogens (primary N) is 1. The van der Waals surface area contributed by atoms with E-state index in [4.69, 9.17) is 15.2 Å². The highest BCUT2D eigenvalue weighted by Gasteiger charge is 2.29. The van der Waals surface area contributed by atoms with Crippen molar-refractivity contribution < 1.29 is 23.9 Å². The number of thiophene rings is 1. The summed E-state index contributed by atoms with van der Waals surface area (Å²) in [7, 11) is 1.28. The minimum Gasteiger partial charge on any atom is -0.484 e. The normalized spacial score (nSPS) is 16.0. The van der Waals surface area contributed by atoms with Crippen LogP contribution in [0.4, 0.5) is 5.69 Å². The van der Waals surface area contributed by atoms with Gasteiger partial charge in [0.25, 0.3) is 5.91 Å². The van der Waals surface area contributed by atoms with E-state index in [1.807, 2.05) is 35.2 Å². The van der Waals surface area contributed by atoms with E-state index < -0.39 is 11.9 Å². The van der Waals surface area contributed by atoms with E-state index in [0.717, 1.165) is 36.4 Å². The molecule has 1 atom stereocenters. The minimum atomic E-state index is -0.563. The van der Waals surface area contributed by atoms with Gasteiger partial charge in [0, 0.05) is 11.9 Å². The van der Waals surface area contributed by atoms with Crippen molar-refractivity contribution in [1.29, 1.82) is 0 Å². The highest BCUT2D eigenvalue weighted by atomic mass is 32.1. The Labute approximate surface area is 194 Å². The quantitative estimate of drug-likeness (QED) is 0.487. The lowest BCUT2D eigenvalue weighted by Gasteiger charge is -2.21. The number of primary amides is 1. The van der Waals surface area contributed by atoms with E-state index in [0.29, 0.717) is 28.2 Å². The number of nitrogens with zero attached hydrogens (tertiary/aromatic N) is 2. The summed E-state index contributed by atoms with van der Waals surface area (Å²) in [6, 6.07) is 12.3. The zero-order chi connectivity index (χ0) is 23.4. The van der Waals surface area contributed by atoms with E-state index in [-0.39, 0.29) is 23.4 Å². The van der Waals surface area contributed by atoms with E-state index in [2.05, 4.69) is 10.3 Å². The number of ether oxygens (including phenoxy) is 2. The van der Waals surface area contributed by atoms with Crippen LogP contribution in [0.25, 0.3) is 10.2 Å². The van der Waals surface area contributed by atoms with Gasteiger partial charge in [-0.2, -0.15) is 0 Å². The maximum absolute atomic E-state index is 12.5. The van der Waals surface area contributed by atoms with Crippen LogP contribution in [-0.4, -0.2) is 54.0 Å². The third-order valence-corrected chi connectivity index (χ3v) is 6.50. The van der Waals surface area contributed by atoms with Crippen LogP contribution in [-0.2, 0) is 20.9 Å². The van der Waals surface area contributed by atoms with Crippen molar-refractivity contribution in [3.63, 3.8) is 0 Å². The first kappa shape index (κ1) is 22.7. The molecule has 0 radical (unpaired) electrons. The standard InChI is InChI=1S/C23H24N4O5S/c1-31-23(30)20-19(26-18(28)13-32-15-6-3-2-4-7-15)16-10-9-14(25-22(16)33-20)12-27-11-5-8-17(27)21(24)29/h2-4,6-7,9-10,17H,5,8,11-13H2,1H3,(H2,24,29)(H,26,28)/t17-/m0/s1. The zero-order valence-corrected chi connectivity index (χ0v) is 18.9. The number of rotatable bonds is 8. The number of anilines is 1. The predicted molar refractivity (Wildman–Crippen MR) is 124 cm³/mol. The highest BCUT2D eigenvalue weighted by molar-refractivity contribution is 7.21. The number of fused-ring (bicyclic) bond motifs is 1. The van der Waals surface area contributed by atoms with Crippen LogP contribution in [0.5, 0.6) is 5.75 Å². The third-order valence-electron chi connectivity index (χ3n) is 5.42. The fraction of sp³-hybridized carbons (Fsp3) is 0.304. The van der Waals surface area contributed by atoms with Crippen LogP contribution in [0, 0.1) is 0 Å². The van der Waals surface area contributed by atoms with Gasteiger partial charge in [-0.25, -0.2) is 9.78 Å². The molecule has 172 valence electrons. The molecule has 0 unspecified atom stereocenters. The molecule has 9 nitrogen and oxygen atoms in total. The van der Waals surface area contributed by atoms with Crippen molar-refractivity contribution in [1.82, 2.24) is 9.88 Å². The molecule has 1 aliphatic rings. The molecule has 2 amide bonds. The summed E-state index contributed by atoms with van der Waals surface area (Å²) in [4.78, 5) is 44.1. The average Bonchev–Trinajstić information content (AvgIpc) is 3.42. The molecule has 3 aromatic rings. The van der Waals surface area contributed by atoms with Crippen molar-refractivity contribution >= 4 is 45.0 Å². The minimum absolute atomic E-state index is 0.211. The molecule has 0 spiro atoms. The number of aromatic nitrogens is 1. The summed E-state index contributed by atoms with van der Waals surface area (Å²) in [6.45, 7) is 1.03. The van der Waals surface area contributed by atoms with Gasteiger partial charge < -0.3 is 20.5 Å². The van der Waals surface area contributed by atoms with Crippen LogP contribution in [0.2, 0.25) is 0 Å². The number of methoxy groups -OCH3 is 1. The first-order chi connectivity index (χ1) is 16.0. The Morgan fingerprint density at radius 2 is 2.00 bits per heavy atom. The zero-order valence-electron chi connectivity index (χ0n) is 18.1. The maximum Gasteiger partial charge on any atom is 0.350 e.